The van der Waals surface area contributed by atoms with Gasteiger partial charge in [-0.2, -0.15) is 0 Å². The van der Waals surface area contributed by atoms with Crippen molar-refractivity contribution in [1.29, 1.82) is 0 Å². The summed E-state index contributed by atoms with van der Waals surface area (Å²) in [5.74, 6) is -0.777. The lowest BCUT2D eigenvalue weighted by Crippen LogP contribution is -2.71. The molecule has 3 spiro atoms. The largest absolute Gasteiger partial charge is 0.461 e. The number of cyclic esters (lactones) is 2. The number of allylic oxidation sites excluding steroid dienone is 1. The average Bonchev–Trinajstić information content (AvgIpc) is 3.09. The van der Waals surface area contributed by atoms with E-state index in [4.69, 9.17) is 9.47 Å². The summed E-state index contributed by atoms with van der Waals surface area (Å²) in [7, 11) is 0. The summed E-state index contributed by atoms with van der Waals surface area (Å²) >= 11 is 0. The first-order chi connectivity index (χ1) is 14.2. The molecule has 4 fully saturated rings. The smallest absolute Gasteiger partial charge is 0.334 e. The number of aliphatic hydroxyl groups is 1. The van der Waals surface area contributed by atoms with Gasteiger partial charge >= 0.3 is 11.9 Å². The third-order valence-electron chi connectivity index (χ3n) is 10.8. The normalized spacial score (nSPS) is 55.6. The summed E-state index contributed by atoms with van der Waals surface area (Å²) in [6.07, 6.45) is 7.64. The molecule has 0 aromatic heterocycles. The van der Waals surface area contributed by atoms with Crippen LogP contribution < -0.4 is 0 Å². The third-order valence-corrected chi connectivity index (χ3v) is 10.8. The molecular weight excluding hydrogens is 396 g/mol. The molecule has 0 radical (unpaired) electrons. The molecule has 0 aromatic carbocycles. The summed E-state index contributed by atoms with van der Waals surface area (Å²) in [6.45, 7) is 9.75. The first kappa shape index (κ1) is 19.7. The molecule has 0 aromatic rings. The Hall–Kier alpha value is -1.95. The Labute approximate surface area is 182 Å². The predicted octanol–water partition coefficient (Wildman–Crippen LogP) is 2.88. The average molecular weight is 427 g/mol. The monoisotopic (exact) mass is 426 g/mol. The zero-order valence-corrected chi connectivity index (χ0v) is 18.8. The van der Waals surface area contributed by atoms with E-state index in [1.807, 2.05) is 46.8 Å². The fourth-order valence-corrected chi connectivity index (χ4v) is 9.69. The summed E-state index contributed by atoms with van der Waals surface area (Å²) in [4.78, 5) is 38.7. The summed E-state index contributed by atoms with van der Waals surface area (Å²) in [5.41, 5.74) is -4.86. The lowest BCUT2D eigenvalue weighted by molar-refractivity contribution is -0.250. The number of ether oxygens (including phenoxy) is 2. The predicted molar refractivity (Wildman–Crippen MR) is 109 cm³/mol. The Morgan fingerprint density at radius 2 is 1.77 bits per heavy atom. The van der Waals surface area contributed by atoms with Crippen LogP contribution in [0.2, 0.25) is 0 Å². The van der Waals surface area contributed by atoms with E-state index in [2.05, 4.69) is 0 Å². The molecule has 6 nitrogen and oxygen atoms in total. The van der Waals surface area contributed by atoms with Gasteiger partial charge in [-0.15, -0.1) is 0 Å². The molecule has 1 saturated heterocycles. The zero-order valence-electron chi connectivity index (χ0n) is 18.8. The van der Waals surface area contributed by atoms with Gasteiger partial charge in [-0.1, -0.05) is 19.1 Å². The fourth-order valence-electron chi connectivity index (χ4n) is 9.69. The van der Waals surface area contributed by atoms with Crippen molar-refractivity contribution in [3.05, 3.63) is 23.8 Å². The van der Waals surface area contributed by atoms with Crippen molar-refractivity contribution >= 4 is 17.7 Å². The maximum Gasteiger partial charge on any atom is 0.334 e. The second-order valence-corrected chi connectivity index (χ2v) is 12.1. The van der Waals surface area contributed by atoms with Gasteiger partial charge in [-0.25, -0.2) is 9.59 Å². The molecule has 4 bridgehead atoms. The molecule has 166 valence electrons. The Bertz CT molecular complexity index is 1050. The van der Waals surface area contributed by atoms with E-state index in [1.165, 1.54) is 6.08 Å². The Morgan fingerprint density at radius 1 is 1.06 bits per heavy atom. The molecular formula is C25H30O6. The summed E-state index contributed by atoms with van der Waals surface area (Å²) in [6, 6.07) is 0. The molecule has 2 aliphatic heterocycles. The molecule has 2 heterocycles. The molecule has 7 atom stereocenters. The van der Waals surface area contributed by atoms with E-state index < -0.39 is 44.2 Å². The number of esters is 2. The first-order valence-corrected chi connectivity index (χ1v) is 11.3. The van der Waals surface area contributed by atoms with Crippen LogP contribution in [0.3, 0.4) is 0 Å². The molecule has 7 rings (SSSR count). The number of hydrogen-bond donors (Lipinski definition) is 1. The number of carbonyl (C=O) groups is 3. The van der Waals surface area contributed by atoms with Gasteiger partial charge < -0.3 is 14.6 Å². The van der Waals surface area contributed by atoms with Crippen LogP contribution in [0, 0.1) is 33.0 Å². The molecule has 0 amide bonds. The van der Waals surface area contributed by atoms with Gasteiger partial charge in [0.1, 0.15) is 18.0 Å². The first-order valence-electron chi connectivity index (χ1n) is 11.3. The van der Waals surface area contributed by atoms with Gasteiger partial charge in [0.05, 0.1) is 16.4 Å². The molecule has 1 N–H and O–H groups in total. The maximum absolute atomic E-state index is 13.8. The van der Waals surface area contributed by atoms with Crippen LogP contribution in [-0.4, -0.2) is 40.6 Å². The minimum Gasteiger partial charge on any atom is -0.461 e. The van der Waals surface area contributed by atoms with Crippen LogP contribution in [0.4, 0.5) is 0 Å². The van der Waals surface area contributed by atoms with E-state index in [9.17, 15) is 19.5 Å². The molecule has 6 heteroatoms. The van der Waals surface area contributed by atoms with Gasteiger partial charge in [0.2, 0.25) is 0 Å². The van der Waals surface area contributed by atoms with Crippen molar-refractivity contribution in [1.82, 2.24) is 0 Å². The quantitative estimate of drug-likeness (QED) is 0.599. The van der Waals surface area contributed by atoms with Gasteiger partial charge in [0.25, 0.3) is 0 Å². The van der Waals surface area contributed by atoms with Crippen LogP contribution in [0.1, 0.15) is 60.3 Å². The third kappa shape index (κ3) is 1.63. The molecule has 5 aliphatic carbocycles. The summed E-state index contributed by atoms with van der Waals surface area (Å²) < 4.78 is 11.4. The summed E-state index contributed by atoms with van der Waals surface area (Å²) in [5, 5.41) is 12.4. The Kier molecular flexibility index (Phi) is 3.08. The number of carbonyl (C=O) groups excluding carboxylic acids is 3. The Morgan fingerprint density at radius 3 is 2.45 bits per heavy atom. The molecule has 3 saturated carbocycles. The van der Waals surface area contributed by atoms with Crippen LogP contribution in [0.15, 0.2) is 23.8 Å². The van der Waals surface area contributed by atoms with E-state index in [1.54, 1.807) is 0 Å². The van der Waals surface area contributed by atoms with Gasteiger partial charge in [0, 0.05) is 22.5 Å². The number of ketones is 1. The van der Waals surface area contributed by atoms with Crippen LogP contribution in [0.25, 0.3) is 0 Å². The van der Waals surface area contributed by atoms with Crippen molar-refractivity contribution in [2.24, 2.45) is 33.0 Å². The minimum absolute atomic E-state index is 0.164. The standard InChI is InChI=1S/C25H30O6/c1-19(2)24(7-6-16(26)31-19)9-8-23-12-20(3)10-14-17(27)30-13-25(14,23)21(4,18(20)28)11-15(23)22(24,5)29/h6-7,10,15,29H,8-9,11-13H2,1-5H3/t15-,20+,21-,22+,23-,24+,25+/m0/s1. The van der Waals surface area contributed by atoms with Crippen molar-refractivity contribution in [3.8, 4) is 0 Å². The van der Waals surface area contributed by atoms with Crippen molar-refractivity contribution in [2.75, 3.05) is 6.61 Å². The Balaban J connectivity index is 1.61. The van der Waals surface area contributed by atoms with E-state index in [-0.39, 0.29) is 24.3 Å². The van der Waals surface area contributed by atoms with E-state index >= 15 is 0 Å². The minimum atomic E-state index is -1.24. The highest BCUT2D eigenvalue weighted by atomic mass is 16.6. The highest BCUT2D eigenvalue weighted by molar-refractivity contribution is 6.05. The second-order valence-electron chi connectivity index (χ2n) is 12.1. The fraction of sp³-hybridized carbons (Fsp3) is 0.720. The highest BCUT2D eigenvalue weighted by Gasteiger charge is 2.87. The van der Waals surface area contributed by atoms with Gasteiger partial charge in [-0.05, 0) is 64.7 Å². The second kappa shape index (κ2) is 4.85. The van der Waals surface area contributed by atoms with Gasteiger partial charge in [0.15, 0.2) is 0 Å². The van der Waals surface area contributed by atoms with Crippen molar-refractivity contribution in [2.45, 2.75) is 71.5 Å². The molecule has 7 aliphatic rings. The number of hydrogen-bond acceptors (Lipinski definition) is 6. The van der Waals surface area contributed by atoms with Crippen LogP contribution >= 0.6 is 0 Å². The molecule has 0 unspecified atom stereocenters. The highest BCUT2D eigenvalue weighted by Crippen LogP contribution is 2.85. The SMILES string of the molecule is CC1(C)OC(=O)C=C[C@@]12CC[C@@]13C[C@@]4(C)C=C5C(=O)OC[C@]51[C@@](C)(C[C@H]3[C@@]2(C)O)C4=O. The number of Topliss-reactive ketones (excluding diaryl/α,β-unsaturated/α-hetero) is 1. The molecule has 31 heavy (non-hydrogen) atoms. The topological polar surface area (TPSA) is 89.9 Å². The van der Waals surface area contributed by atoms with E-state index in [0.717, 1.165) is 6.42 Å². The van der Waals surface area contributed by atoms with Gasteiger partial charge in [-0.3, -0.25) is 4.79 Å². The maximum atomic E-state index is 13.8. The lowest BCUT2D eigenvalue weighted by Gasteiger charge is -2.68. The van der Waals surface area contributed by atoms with Crippen molar-refractivity contribution in [3.63, 3.8) is 0 Å². The van der Waals surface area contributed by atoms with Crippen LogP contribution in [0.5, 0.6) is 0 Å². The van der Waals surface area contributed by atoms with E-state index in [0.29, 0.717) is 24.8 Å². The van der Waals surface area contributed by atoms with Crippen LogP contribution in [-0.2, 0) is 23.9 Å². The lowest BCUT2D eigenvalue weighted by atomic mass is 9.35. The van der Waals surface area contributed by atoms with Crippen molar-refractivity contribution < 1.29 is 29.0 Å². The number of rotatable bonds is 0. The zero-order chi connectivity index (χ0) is 22.5.